The number of carboxylic acid groups (broad SMARTS) is 1. The summed E-state index contributed by atoms with van der Waals surface area (Å²) in [5, 5.41) is 24.0. The van der Waals surface area contributed by atoms with Crippen LogP contribution in [0.2, 0.25) is 0 Å². The number of aryl methyl sites for hydroxylation is 1. The second-order valence-electron chi connectivity index (χ2n) is 8.36. The lowest BCUT2D eigenvalue weighted by Crippen LogP contribution is -2.30. The molecule has 3 aromatic rings. The normalized spacial score (nSPS) is 13.4. The average Bonchev–Trinajstić information content (AvgIpc) is 3.39. The number of nitrogens with zero attached hydrogens (tertiary/aromatic N) is 3. The van der Waals surface area contributed by atoms with Gasteiger partial charge in [-0.3, -0.25) is 9.59 Å². The van der Waals surface area contributed by atoms with Crippen molar-refractivity contribution in [3.8, 4) is 0 Å². The zero-order chi connectivity index (χ0) is 26.5. The van der Waals surface area contributed by atoms with Gasteiger partial charge in [0.1, 0.15) is 17.1 Å². The third-order valence-corrected chi connectivity index (χ3v) is 5.81. The molecule has 11 heteroatoms. The van der Waals surface area contributed by atoms with Crippen molar-refractivity contribution in [1.82, 2.24) is 15.1 Å². The molecule has 0 saturated carbocycles. The first kappa shape index (κ1) is 26.7. The fourth-order valence-electron chi connectivity index (χ4n) is 4.07. The maximum absolute atomic E-state index is 13.2. The van der Waals surface area contributed by atoms with Gasteiger partial charge in [-0.2, -0.15) is 18.3 Å². The van der Waals surface area contributed by atoms with Crippen molar-refractivity contribution in [2.75, 3.05) is 11.4 Å². The Balaban J connectivity index is 0.00000115. The lowest BCUT2D eigenvalue weighted by atomic mass is 10.1. The fourth-order valence-corrected chi connectivity index (χ4v) is 4.07. The topological polar surface area (TPSA) is 108 Å². The Bertz CT molecular complexity index is 1210. The molecule has 1 aliphatic heterocycles. The molecule has 1 aromatic heterocycles. The van der Waals surface area contributed by atoms with Crippen LogP contribution in [0.3, 0.4) is 0 Å². The largest absolute Gasteiger partial charge is 0.483 e. The number of amides is 1. The van der Waals surface area contributed by atoms with E-state index in [-0.39, 0.29) is 36.2 Å². The molecule has 0 aliphatic carbocycles. The van der Waals surface area contributed by atoms with E-state index >= 15 is 0 Å². The molecular weight excluding hydrogens is 477 g/mol. The third-order valence-electron chi connectivity index (χ3n) is 5.81. The standard InChI is InChI=1S/C24H25F3N4O2.CH2O2/c1-15-6-8-18(9-7-15)16(2)28-22(33)21-20(14-32)29-31-11-10-30(23(21)31)13-17-4-3-5-19(12-17)24(25,26)27;2-1-3/h3-9,12,16,32H,10-11,13-14H2,1-2H3,(H,28,33);1H,(H,2,3). The summed E-state index contributed by atoms with van der Waals surface area (Å²) in [4.78, 5) is 23.4. The van der Waals surface area contributed by atoms with Gasteiger partial charge >= 0.3 is 6.18 Å². The summed E-state index contributed by atoms with van der Waals surface area (Å²) in [5.41, 5.74) is 2.30. The first-order valence-electron chi connectivity index (χ1n) is 11.2. The molecule has 2 heterocycles. The van der Waals surface area contributed by atoms with Gasteiger partial charge < -0.3 is 20.4 Å². The number of hydrogen-bond acceptors (Lipinski definition) is 5. The maximum Gasteiger partial charge on any atom is 0.416 e. The quantitative estimate of drug-likeness (QED) is 0.440. The molecule has 2 aromatic carbocycles. The number of benzene rings is 2. The highest BCUT2D eigenvalue weighted by atomic mass is 19.4. The summed E-state index contributed by atoms with van der Waals surface area (Å²) in [6, 6.07) is 12.7. The number of nitrogens with one attached hydrogen (secondary N) is 1. The highest BCUT2D eigenvalue weighted by Crippen LogP contribution is 2.33. The van der Waals surface area contributed by atoms with E-state index in [1.54, 1.807) is 10.7 Å². The Kier molecular flexibility index (Phi) is 8.36. The Morgan fingerprint density at radius 1 is 1.19 bits per heavy atom. The number of hydrogen-bond donors (Lipinski definition) is 3. The van der Waals surface area contributed by atoms with Gasteiger partial charge in [-0.05, 0) is 37.1 Å². The van der Waals surface area contributed by atoms with Gasteiger partial charge in [0.15, 0.2) is 0 Å². The van der Waals surface area contributed by atoms with E-state index in [4.69, 9.17) is 9.90 Å². The zero-order valence-electron chi connectivity index (χ0n) is 19.8. The highest BCUT2D eigenvalue weighted by molar-refractivity contribution is 6.00. The summed E-state index contributed by atoms with van der Waals surface area (Å²) in [5.74, 6) is 0.120. The molecule has 8 nitrogen and oxygen atoms in total. The predicted octanol–water partition coefficient (Wildman–Crippen LogP) is 3.91. The van der Waals surface area contributed by atoms with Crippen molar-refractivity contribution in [3.63, 3.8) is 0 Å². The molecule has 36 heavy (non-hydrogen) atoms. The zero-order valence-corrected chi connectivity index (χ0v) is 19.8. The van der Waals surface area contributed by atoms with Gasteiger partial charge in [0, 0.05) is 13.1 Å². The second-order valence-corrected chi connectivity index (χ2v) is 8.36. The van der Waals surface area contributed by atoms with Crippen LogP contribution in [0, 0.1) is 6.92 Å². The van der Waals surface area contributed by atoms with E-state index in [0.717, 1.165) is 23.3 Å². The number of aliphatic hydroxyl groups is 1. The van der Waals surface area contributed by atoms with Gasteiger partial charge in [-0.25, -0.2) is 4.68 Å². The number of rotatable bonds is 6. The third kappa shape index (κ3) is 6.03. The van der Waals surface area contributed by atoms with Crippen molar-refractivity contribution < 1.29 is 33.0 Å². The molecule has 0 bridgehead atoms. The summed E-state index contributed by atoms with van der Waals surface area (Å²) in [6.45, 7) is 4.34. The van der Waals surface area contributed by atoms with Crippen LogP contribution in [0.5, 0.6) is 0 Å². The van der Waals surface area contributed by atoms with E-state index < -0.39 is 18.3 Å². The number of carbonyl (C=O) groups is 2. The molecular formula is C25H27F3N4O4. The van der Waals surface area contributed by atoms with Crippen LogP contribution >= 0.6 is 0 Å². The van der Waals surface area contributed by atoms with Gasteiger partial charge in [0.25, 0.3) is 12.4 Å². The number of alkyl halides is 3. The molecule has 1 amide bonds. The van der Waals surface area contributed by atoms with Crippen molar-refractivity contribution >= 4 is 18.2 Å². The minimum absolute atomic E-state index is 0.189. The lowest BCUT2D eigenvalue weighted by Gasteiger charge is -2.21. The summed E-state index contributed by atoms with van der Waals surface area (Å²) >= 11 is 0. The summed E-state index contributed by atoms with van der Waals surface area (Å²) in [6.07, 6.45) is -4.43. The Morgan fingerprint density at radius 2 is 1.86 bits per heavy atom. The van der Waals surface area contributed by atoms with Crippen molar-refractivity contribution in [3.05, 3.63) is 82.0 Å². The first-order chi connectivity index (χ1) is 17.1. The van der Waals surface area contributed by atoms with Crippen molar-refractivity contribution in [2.24, 2.45) is 0 Å². The fraction of sp³-hybridized carbons (Fsp3) is 0.320. The number of aromatic nitrogens is 2. The van der Waals surface area contributed by atoms with Crippen LogP contribution in [-0.4, -0.2) is 38.9 Å². The maximum atomic E-state index is 13.2. The van der Waals surface area contributed by atoms with E-state index in [1.807, 2.05) is 43.0 Å². The molecule has 3 N–H and O–H groups in total. The van der Waals surface area contributed by atoms with Crippen LogP contribution in [0.15, 0.2) is 48.5 Å². The van der Waals surface area contributed by atoms with Gasteiger partial charge in [-0.15, -0.1) is 0 Å². The van der Waals surface area contributed by atoms with E-state index in [2.05, 4.69) is 10.4 Å². The summed E-state index contributed by atoms with van der Waals surface area (Å²) < 4.78 is 41.0. The lowest BCUT2D eigenvalue weighted by molar-refractivity contribution is -0.137. The van der Waals surface area contributed by atoms with Gasteiger partial charge in [0.2, 0.25) is 0 Å². The Labute approximate surface area is 206 Å². The average molecular weight is 505 g/mol. The van der Waals surface area contributed by atoms with Crippen LogP contribution in [0.1, 0.15) is 51.3 Å². The van der Waals surface area contributed by atoms with E-state index in [9.17, 15) is 23.1 Å². The first-order valence-corrected chi connectivity index (χ1v) is 11.2. The van der Waals surface area contributed by atoms with Crippen molar-refractivity contribution in [1.29, 1.82) is 0 Å². The van der Waals surface area contributed by atoms with Gasteiger partial charge in [0.05, 0.1) is 24.8 Å². The molecule has 4 rings (SSSR count). The van der Waals surface area contributed by atoms with Crippen LogP contribution in [0.25, 0.3) is 0 Å². The molecule has 1 aliphatic rings. The predicted molar refractivity (Wildman–Crippen MR) is 126 cm³/mol. The van der Waals surface area contributed by atoms with Gasteiger partial charge in [-0.1, -0.05) is 42.0 Å². The number of fused-ring (bicyclic) bond motifs is 1. The number of carbonyl (C=O) groups excluding carboxylic acids is 1. The monoisotopic (exact) mass is 504 g/mol. The Hall–Kier alpha value is -3.86. The molecule has 192 valence electrons. The molecule has 0 saturated heterocycles. The molecule has 1 atom stereocenters. The number of halogens is 3. The Morgan fingerprint density at radius 3 is 2.47 bits per heavy atom. The molecule has 1 unspecified atom stereocenters. The molecule has 0 fully saturated rings. The number of anilines is 1. The van der Waals surface area contributed by atoms with Crippen LogP contribution in [-0.2, 0) is 30.7 Å². The van der Waals surface area contributed by atoms with Crippen LogP contribution in [0.4, 0.5) is 19.0 Å². The minimum Gasteiger partial charge on any atom is -0.483 e. The smallest absolute Gasteiger partial charge is 0.416 e. The SMILES string of the molecule is Cc1ccc(C(C)NC(=O)c2c(CO)nn3c2N(Cc2cccc(C(F)(F)F)c2)CC3)cc1.O=CO. The van der Waals surface area contributed by atoms with E-state index in [1.165, 1.54) is 6.07 Å². The van der Waals surface area contributed by atoms with Crippen LogP contribution < -0.4 is 10.2 Å². The number of aliphatic hydroxyl groups excluding tert-OH is 1. The highest BCUT2D eigenvalue weighted by Gasteiger charge is 2.33. The minimum atomic E-state index is -4.43. The second kappa shape index (κ2) is 11.3. The van der Waals surface area contributed by atoms with Crippen molar-refractivity contribution in [2.45, 2.75) is 45.8 Å². The summed E-state index contributed by atoms with van der Waals surface area (Å²) in [7, 11) is 0. The molecule has 0 radical (unpaired) electrons. The molecule has 0 spiro atoms. The van der Waals surface area contributed by atoms with E-state index in [0.29, 0.717) is 24.5 Å².